The SMILES string of the molecule is CCN=C=NCCCCCCN(C)C.Cl. The summed E-state index contributed by atoms with van der Waals surface area (Å²) in [6.45, 7) is 4.85. The molecule has 90 valence electrons. The van der Waals surface area contributed by atoms with Crippen molar-refractivity contribution in [1.82, 2.24) is 4.90 Å². The van der Waals surface area contributed by atoms with Crippen molar-refractivity contribution in [1.29, 1.82) is 0 Å². The summed E-state index contributed by atoms with van der Waals surface area (Å²) in [6, 6.07) is 2.69. The van der Waals surface area contributed by atoms with Gasteiger partial charge in [0.1, 0.15) is 0 Å². The van der Waals surface area contributed by atoms with E-state index in [1.54, 1.807) is 0 Å². The van der Waals surface area contributed by atoms with Gasteiger partial charge in [0, 0.05) is 13.1 Å². The second kappa shape index (κ2) is 13.6. The van der Waals surface area contributed by atoms with E-state index >= 15 is 0 Å². The summed E-state index contributed by atoms with van der Waals surface area (Å²) in [4.78, 5) is 10.2. The zero-order chi connectivity index (χ0) is 10.6. The Morgan fingerprint density at radius 3 is 2.27 bits per heavy atom. The molecule has 3 nitrogen and oxygen atoms in total. The molecule has 0 aliphatic rings. The fourth-order valence-corrected chi connectivity index (χ4v) is 1.14. The van der Waals surface area contributed by atoms with Gasteiger partial charge in [-0.25, -0.2) is 9.98 Å². The molecule has 0 radical (unpaired) electrons. The van der Waals surface area contributed by atoms with Crippen LogP contribution in [0.15, 0.2) is 9.98 Å². The Hall–Kier alpha value is -0.370. The summed E-state index contributed by atoms with van der Waals surface area (Å²) in [5, 5.41) is 0. The van der Waals surface area contributed by atoms with Crippen LogP contribution in [0.5, 0.6) is 0 Å². The lowest BCUT2D eigenvalue weighted by Crippen LogP contribution is -2.12. The summed E-state index contributed by atoms with van der Waals surface area (Å²) in [6.07, 6.45) is 5.03. The third-order valence-electron chi connectivity index (χ3n) is 1.92. The van der Waals surface area contributed by atoms with Gasteiger partial charge in [0.15, 0.2) is 0 Å². The Morgan fingerprint density at radius 1 is 1.00 bits per heavy atom. The highest BCUT2D eigenvalue weighted by atomic mass is 35.5. The highest BCUT2D eigenvalue weighted by molar-refractivity contribution is 5.85. The number of aliphatic imine (C=N–C) groups is 2. The minimum atomic E-state index is 0. The fraction of sp³-hybridized carbons (Fsp3) is 0.909. The molecule has 0 aliphatic heterocycles. The molecule has 0 unspecified atom stereocenters. The van der Waals surface area contributed by atoms with E-state index in [1.807, 2.05) is 6.92 Å². The number of nitrogens with zero attached hydrogens (tertiary/aromatic N) is 3. The van der Waals surface area contributed by atoms with Gasteiger partial charge >= 0.3 is 0 Å². The van der Waals surface area contributed by atoms with E-state index in [4.69, 9.17) is 0 Å². The third-order valence-corrected chi connectivity index (χ3v) is 1.92. The van der Waals surface area contributed by atoms with Gasteiger partial charge in [-0.2, -0.15) is 0 Å². The molecule has 0 N–H and O–H groups in total. The first-order valence-electron chi connectivity index (χ1n) is 5.50. The highest BCUT2D eigenvalue weighted by Gasteiger charge is 1.90. The lowest BCUT2D eigenvalue weighted by Gasteiger charge is -2.07. The second-order valence-corrected chi connectivity index (χ2v) is 3.67. The van der Waals surface area contributed by atoms with Gasteiger partial charge in [-0.1, -0.05) is 12.8 Å². The quantitative estimate of drug-likeness (QED) is 0.468. The van der Waals surface area contributed by atoms with Crippen LogP contribution in [-0.2, 0) is 0 Å². The normalized spacial score (nSPS) is 9.33. The van der Waals surface area contributed by atoms with Crippen molar-refractivity contribution in [3.05, 3.63) is 0 Å². The van der Waals surface area contributed by atoms with E-state index < -0.39 is 0 Å². The minimum Gasteiger partial charge on any atom is -0.309 e. The Labute approximate surface area is 100 Å². The molecular formula is C11H24ClN3. The van der Waals surface area contributed by atoms with Crippen molar-refractivity contribution in [2.45, 2.75) is 32.6 Å². The number of hydrogen-bond donors (Lipinski definition) is 0. The Balaban J connectivity index is 0. The molecule has 0 rings (SSSR count). The first-order valence-corrected chi connectivity index (χ1v) is 5.50. The maximum Gasteiger partial charge on any atom is 0.0892 e. The number of halogens is 1. The van der Waals surface area contributed by atoms with Gasteiger partial charge in [0.05, 0.1) is 6.01 Å². The van der Waals surface area contributed by atoms with Crippen LogP contribution in [0.4, 0.5) is 0 Å². The molecule has 0 spiro atoms. The average Bonchev–Trinajstić information content (AvgIpc) is 2.15. The summed E-state index contributed by atoms with van der Waals surface area (Å²) >= 11 is 0. The Morgan fingerprint density at radius 2 is 1.67 bits per heavy atom. The monoisotopic (exact) mass is 233 g/mol. The van der Waals surface area contributed by atoms with E-state index in [2.05, 4.69) is 35.0 Å². The molecule has 0 saturated heterocycles. The van der Waals surface area contributed by atoms with Gasteiger partial charge < -0.3 is 4.90 Å². The van der Waals surface area contributed by atoms with E-state index in [9.17, 15) is 0 Å². The van der Waals surface area contributed by atoms with Crippen LogP contribution in [-0.4, -0.2) is 44.6 Å². The van der Waals surface area contributed by atoms with Crippen LogP contribution in [0.2, 0.25) is 0 Å². The van der Waals surface area contributed by atoms with Crippen molar-refractivity contribution in [3.63, 3.8) is 0 Å². The first kappa shape index (κ1) is 17.0. The van der Waals surface area contributed by atoms with Crippen molar-refractivity contribution >= 4 is 18.4 Å². The van der Waals surface area contributed by atoms with E-state index in [1.165, 1.54) is 32.2 Å². The molecule has 0 fully saturated rings. The molecule has 4 heteroatoms. The molecule has 0 aromatic carbocycles. The fourth-order valence-electron chi connectivity index (χ4n) is 1.14. The summed E-state index contributed by atoms with van der Waals surface area (Å²) in [5.74, 6) is 0. The molecule has 0 aromatic rings. The maximum absolute atomic E-state index is 4.07. The van der Waals surface area contributed by atoms with E-state index in [0.29, 0.717) is 0 Å². The molecule has 0 aliphatic carbocycles. The standard InChI is InChI=1S/C11H23N3.ClH/c1-4-12-11-13-9-7-5-6-8-10-14(2)3;/h4-10H2,1-3H3;1H. The molecule has 15 heavy (non-hydrogen) atoms. The molecule has 0 aromatic heterocycles. The van der Waals surface area contributed by atoms with Crippen molar-refractivity contribution in [2.24, 2.45) is 9.98 Å². The molecule has 0 saturated carbocycles. The average molecular weight is 234 g/mol. The molecule has 0 bridgehead atoms. The minimum absolute atomic E-state index is 0. The summed E-state index contributed by atoms with van der Waals surface area (Å²) in [5.41, 5.74) is 0. The second-order valence-electron chi connectivity index (χ2n) is 3.67. The van der Waals surface area contributed by atoms with Gasteiger partial charge in [0.2, 0.25) is 0 Å². The Kier molecular flexibility index (Phi) is 15.5. The molecule has 0 atom stereocenters. The van der Waals surface area contributed by atoms with Crippen LogP contribution in [0.1, 0.15) is 32.6 Å². The summed E-state index contributed by atoms with van der Waals surface area (Å²) in [7, 11) is 4.23. The first-order chi connectivity index (χ1) is 6.77. The molecular weight excluding hydrogens is 210 g/mol. The van der Waals surface area contributed by atoms with Crippen LogP contribution in [0.3, 0.4) is 0 Å². The zero-order valence-corrected chi connectivity index (χ0v) is 11.0. The van der Waals surface area contributed by atoms with Crippen molar-refractivity contribution in [3.8, 4) is 0 Å². The van der Waals surface area contributed by atoms with E-state index in [0.717, 1.165) is 13.1 Å². The third kappa shape index (κ3) is 16.3. The highest BCUT2D eigenvalue weighted by Crippen LogP contribution is 2.00. The molecule has 0 amide bonds. The largest absolute Gasteiger partial charge is 0.309 e. The predicted octanol–water partition coefficient (Wildman–Crippen LogP) is 2.72. The Bertz CT molecular complexity index is 175. The van der Waals surface area contributed by atoms with Gasteiger partial charge in [-0.15, -0.1) is 12.4 Å². The van der Waals surface area contributed by atoms with Crippen LogP contribution in [0.25, 0.3) is 0 Å². The number of unbranched alkanes of at least 4 members (excludes halogenated alkanes) is 3. The van der Waals surface area contributed by atoms with Crippen molar-refractivity contribution in [2.75, 3.05) is 33.7 Å². The van der Waals surface area contributed by atoms with Gasteiger partial charge in [-0.3, -0.25) is 0 Å². The van der Waals surface area contributed by atoms with Gasteiger partial charge in [-0.05, 0) is 40.4 Å². The van der Waals surface area contributed by atoms with Crippen LogP contribution in [0, 0.1) is 0 Å². The lowest BCUT2D eigenvalue weighted by atomic mass is 10.2. The maximum atomic E-state index is 4.07. The van der Waals surface area contributed by atoms with Crippen LogP contribution >= 0.6 is 12.4 Å². The molecule has 0 heterocycles. The van der Waals surface area contributed by atoms with Crippen molar-refractivity contribution < 1.29 is 0 Å². The smallest absolute Gasteiger partial charge is 0.0892 e. The topological polar surface area (TPSA) is 28.0 Å². The summed E-state index contributed by atoms with van der Waals surface area (Å²) < 4.78 is 0. The lowest BCUT2D eigenvalue weighted by molar-refractivity contribution is 0.390. The van der Waals surface area contributed by atoms with Gasteiger partial charge in [0.25, 0.3) is 0 Å². The van der Waals surface area contributed by atoms with Crippen LogP contribution < -0.4 is 0 Å². The zero-order valence-electron chi connectivity index (χ0n) is 10.2. The van der Waals surface area contributed by atoms with E-state index in [-0.39, 0.29) is 12.4 Å². The number of hydrogen-bond acceptors (Lipinski definition) is 3. The predicted molar refractivity (Wildman–Crippen MR) is 69.5 cm³/mol. The number of rotatable bonds is 8.